The first-order valence-electron chi connectivity index (χ1n) is 9.19. The van der Waals surface area contributed by atoms with E-state index in [2.05, 4.69) is 34.7 Å². The van der Waals surface area contributed by atoms with Gasteiger partial charge in [-0.05, 0) is 79.6 Å². The number of aromatic nitrogens is 1. The zero-order valence-corrected chi connectivity index (χ0v) is 17.3. The minimum atomic E-state index is 0. The van der Waals surface area contributed by atoms with Crippen molar-refractivity contribution in [2.24, 2.45) is 11.8 Å². The number of piperidine rings is 1. The molecule has 2 heterocycles. The van der Waals surface area contributed by atoms with E-state index >= 15 is 0 Å². The second-order valence-electron chi connectivity index (χ2n) is 7.07. The largest absolute Gasteiger partial charge is 0.326 e. The summed E-state index contributed by atoms with van der Waals surface area (Å²) in [6.45, 7) is 4.34. The number of rotatable bonds is 6. The molecule has 3 rings (SSSR count). The summed E-state index contributed by atoms with van der Waals surface area (Å²) in [6.07, 6.45) is 7.54. The smallest absolute Gasteiger partial charge is 0.224 e. The van der Waals surface area contributed by atoms with Crippen molar-refractivity contribution in [3.63, 3.8) is 0 Å². The van der Waals surface area contributed by atoms with E-state index in [0.717, 1.165) is 25.2 Å². The maximum atomic E-state index is 12.3. The first kappa shape index (κ1) is 23.4. The molecule has 6 heteroatoms. The highest BCUT2D eigenvalue weighted by atomic mass is 35.5. The lowest BCUT2D eigenvalue weighted by molar-refractivity contribution is -0.117. The van der Waals surface area contributed by atoms with Gasteiger partial charge in [-0.2, -0.15) is 0 Å². The SMILES string of the molecule is CC(CC(=O)Nc1ccc(Cc2ccncc2)cc1)C1CCCNC1.Cl.Cl. The second kappa shape index (κ2) is 12.0. The van der Waals surface area contributed by atoms with Crippen molar-refractivity contribution in [3.05, 3.63) is 59.9 Å². The number of nitrogens with one attached hydrogen (secondary N) is 2. The molecule has 0 aliphatic carbocycles. The standard InChI is InChI=1S/C21H27N3O.2ClH/c1-16(19-3-2-10-23-15-19)13-21(25)24-20-6-4-17(5-7-20)14-18-8-11-22-12-9-18;;/h4-9,11-12,16,19,23H,2-3,10,13-15H2,1H3,(H,24,25);2*1H. The minimum Gasteiger partial charge on any atom is -0.326 e. The molecule has 0 bridgehead atoms. The summed E-state index contributed by atoms with van der Waals surface area (Å²) in [7, 11) is 0. The van der Waals surface area contributed by atoms with Gasteiger partial charge in [0.25, 0.3) is 0 Å². The van der Waals surface area contributed by atoms with Crippen LogP contribution in [0.1, 0.15) is 37.3 Å². The Morgan fingerprint density at radius 2 is 1.81 bits per heavy atom. The Hall–Kier alpha value is -1.62. The van der Waals surface area contributed by atoms with E-state index in [4.69, 9.17) is 0 Å². The maximum absolute atomic E-state index is 12.3. The quantitative estimate of drug-likeness (QED) is 0.738. The predicted molar refractivity (Wildman–Crippen MR) is 116 cm³/mol. The number of hydrogen-bond donors (Lipinski definition) is 2. The van der Waals surface area contributed by atoms with E-state index in [9.17, 15) is 4.79 Å². The van der Waals surface area contributed by atoms with Crippen LogP contribution in [0.4, 0.5) is 5.69 Å². The Bertz CT molecular complexity index is 674. The highest BCUT2D eigenvalue weighted by molar-refractivity contribution is 5.90. The number of anilines is 1. The number of carbonyl (C=O) groups is 1. The van der Waals surface area contributed by atoms with Gasteiger partial charge in [-0.1, -0.05) is 19.1 Å². The van der Waals surface area contributed by atoms with Crippen molar-refractivity contribution in [2.75, 3.05) is 18.4 Å². The molecule has 4 nitrogen and oxygen atoms in total. The van der Waals surface area contributed by atoms with Crippen LogP contribution in [0, 0.1) is 11.8 Å². The fourth-order valence-corrected chi connectivity index (χ4v) is 3.48. The number of nitrogens with zero attached hydrogens (tertiary/aromatic N) is 1. The van der Waals surface area contributed by atoms with Crippen LogP contribution in [-0.2, 0) is 11.2 Å². The summed E-state index contributed by atoms with van der Waals surface area (Å²) < 4.78 is 0. The van der Waals surface area contributed by atoms with Crippen molar-refractivity contribution in [1.29, 1.82) is 0 Å². The zero-order chi connectivity index (χ0) is 17.5. The first-order valence-corrected chi connectivity index (χ1v) is 9.19. The van der Waals surface area contributed by atoms with Gasteiger partial charge >= 0.3 is 0 Å². The number of benzene rings is 1. The zero-order valence-electron chi connectivity index (χ0n) is 15.7. The number of hydrogen-bond acceptors (Lipinski definition) is 3. The number of halogens is 2. The van der Waals surface area contributed by atoms with Crippen molar-refractivity contribution < 1.29 is 4.79 Å². The van der Waals surface area contributed by atoms with E-state index in [1.54, 1.807) is 0 Å². The van der Waals surface area contributed by atoms with Gasteiger partial charge in [0, 0.05) is 24.5 Å². The molecule has 0 saturated carbocycles. The van der Waals surface area contributed by atoms with E-state index in [1.165, 1.54) is 24.0 Å². The van der Waals surface area contributed by atoms with Crippen LogP contribution < -0.4 is 10.6 Å². The van der Waals surface area contributed by atoms with Crippen molar-refractivity contribution >= 4 is 36.4 Å². The van der Waals surface area contributed by atoms with Crippen LogP contribution >= 0.6 is 24.8 Å². The fraction of sp³-hybridized carbons (Fsp3) is 0.429. The summed E-state index contributed by atoms with van der Waals surface area (Å²) in [5.74, 6) is 1.14. The molecule has 2 aromatic rings. The summed E-state index contributed by atoms with van der Waals surface area (Å²) in [4.78, 5) is 16.3. The van der Waals surface area contributed by atoms with Crippen LogP contribution in [-0.4, -0.2) is 24.0 Å². The van der Waals surface area contributed by atoms with Gasteiger partial charge in [0.1, 0.15) is 0 Å². The summed E-state index contributed by atoms with van der Waals surface area (Å²) in [6, 6.07) is 12.2. The molecule has 148 valence electrons. The minimum absolute atomic E-state index is 0. The third kappa shape index (κ3) is 7.49. The Balaban J connectivity index is 0.00000182. The third-order valence-corrected chi connectivity index (χ3v) is 5.04. The van der Waals surface area contributed by atoms with E-state index < -0.39 is 0 Å². The molecule has 2 N–H and O–H groups in total. The Morgan fingerprint density at radius 1 is 1.15 bits per heavy atom. The Labute approximate surface area is 174 Å². The van der Waals surface area contributed by atoms with Gasteiger partial charge in [-0.3, -0.25) is 9.78 Å². The monoisotopic (exact) mass is 409 g/mol. The van der Waals surface area contributed by atoms with Crippen LogP contribution in [0.25, 0.3) is 0 Å². The van der Waals surface area contributed by atoms with E-state index in [-0.39, 0.29) is 30.7 Å². The molecular weight excluding hydrogens is 381 g/mol. The maximum Gasteiger partial charge on any atom is 0.224 e. The molecule has 0 spiro atoms. The van der Waals surface area contributed by atoms with Crippen LogP contribution in [0.3, 0.4) is 0 Å². The van der Waals surface area contributed by atoms with E-state index in [1.807, 2.05) is 36.7 Å². The predicted octanol–water partition coefficient (Wildman–Crippen LogP) is 4.48. The average Bonchev–Trinajstić information content (AvgIpc) is 2.65. The summed E-state index contributed by atoms with van der Waals surface area (Å²) in [5.41, 5.74) is 3.34. The lowest BCUT2D eigenvalue weighted by Gasteiger charge is -2.28. The highest BCUT2D eigenvalue weighted by Crippen LogP contribution is 2.23. The number of pyridine rings is 1. The molecule has 1 aliphatic rings. The molecule has 2 unspecified atom stereocenters. The average molecular weight is 410 g/mol. The lowest BCUT2D eigenvalue weighted by atomic mass is 9.85. The Kier molecular flexibility index (Phi) is 10.4. The van der Waals surface area contributed by atoms with Crippen LogP contribution in [0.2, 0.25) is 0 Å². The molecule has 1 amide bonds. The van der Waals surface area contributed by atoms with Crippen LogP contribution in [0.15, 0.2) is 48.8 Å². The lowest BCUT2D eigenvalue weighted by Crippen LogP contribution is -2.34. The van der Waals surface area contributed by atoms with Gasteiger partial charge < -0.3 is 10.6 Å². The van der Waals surface area contributed by atoms with Gasteiger partial charge in [-0.15, -0.1) is 24.8 Å². The second-order valence-corrected chi connectivity index (χ2v) is 7.07. The van der Waals surface area contributed by atoms with Crippen molar-refractivity contribution in [1.82, 2.24) is 10.3 Å². The summed E-state index contributed by atoms with van der Waals surface area (Å²) in [5, 5.41) is 6.46. The van der Waals surface area contributed by atoms with Gasteiger partial charge in [-0.25, -0.2) is 0 Å². The highest BCUT2D eigenvalue weighted by Gasteiger charge is 2.21. The molecule has 1 saturated heterocycles. The molecule has 0 radical (unpaired) electrons. The van der Waals surface area contributed by atoms with E-state index in [0.29, 0.717) is 18.3 Å². The van der Waals surface area contributed by atoms with Gasteiger partial charge in [0.15, 0.2) is 0 Å². The molecule has 1 aliphatic heterocycles. The van der Waals surface area contributed by atoms with Crippen molar-refractivity contribution in [3.8, 4) is 0 Å². The first-order chi connectivity index (χ1) is 12.2. The molecule has 1 aromatic heterocycles. The van der Waals surface area contributed by atoms with Gasteiger partial charge in [0.05, 0.1) is 0 Å². The molecule has 1 aromatic carbocycles. The molecule has 1 fully saturated rings. The Morgan fingerprint density at radius 3 is 2.44 bits per heavy atom. The van der Waals surface area contributed by atoms with Crippen molar-refractivity contribution in [2.45, 2.75) is 32.6 Å². The number of carbonyl (C=O) groups excluding carboxylic acids is 1. The molecule has 2 atom stereocenters. The summed E-state index contributed by atoms with van der Waals surface area (Å²) >= 11 is 0. The van der Waals surface area contributed by atoms with Crippen LogP contribution in [0.5, 0.6) is 0 Å². The molecular formula is C21H29Cl2N3O. The molecule has 27 heavy (non-hydrogen) atoms. The topological polar surface area (TPSA) is 54.0 Å². The third-order valence-electron chi connectivity index (χ3n) is 5.04. The fourth-order valence-electron chi connectivity index (χ4n) is 3.48. The normalized spacial score (nSPS) is 17.1. The van der Waals surface area contributed by atoms with Gasteiger partial charge in [0.2, 0.25) is 5.91 Å². The number of amides is 1.